The van der Waals surface area contributed by atoms with Gasteiger partial charge in [0.1, 0.15) is 0 Å². The fourth-order valence-corrected chi connectivity index (χ4v) is 3.94. The number of hydrogen-bond acceptors (Lipinski definition) is 2. The lowest BCUT2D eigenvalue weighted by molar-refractivity contribution is 0.331. The topological polar surface area (TPSA) is 34.1 Å². The highest BCUT2D eigenvalue weighted by Crippen LogP contribution is 2.40. The van der Waals surface area contributed by atoms with Gasteiger partial charge in [0.15, 0.2) is 0 Å². The van der Waals surface area contributed by atoms with Crippen LogP contribution in [0.5, 0.6) is 0 Å². The van der Waals surface area contributed by atoms with Crippen LogP contribution >= 0.6 is 10.7 Å². The van der Waals surface area contributed by atoms with Gasteiger partial charge in [-0.25, -0.2) is 8.42 Å². The van der Waals surface area contributed by atoms with Gasteiger partial charge in [-0.1, -0.05) is 12.2 Å². The largest absolute Gasteiger partial charge is 0.236 e. The molecule has 0 aliphatic heterocycles. The van der Waals surface area contributed by atoms with Gasteiger partial charge in [0.2, 0.25) is 9.05 Å². The second-order valence-electron chi connectivity index (χ2n) is 3.64. The normalized spacial score (nSPS) is 40.2. The van der Waals surface area contributed by atoms with E-state index < -0.39 is 9.05 Å². The van der Waals surface area contributed by atoms with Crippen LogP contribution in [0.3, 0.4) is 0 Å². The van der Waals surface area contributed by atoms with Crippen molar-refractivity contribution in [3.63, 3.8) is 0 Å². The summed E-state index contributed by atoms with van der Waals surface area (Å²) in [5.74, 6) is 0.631. The predicted molar refractivity (Wildman–Crippen MR) is 48.5 cm³/mol. The fourth-order valence-electron chi connectivity index (χ4n) is 2.20. The molecule has 2 bridgehead atoms. The average molecular weight is 207 g/mol. The molecule has 0 amide bonds. The van der Waals surface area contributed by atoms with Gasteiger partial charge in [-0.3, -0.25) is 0 Å². The molecule has 12 heavy (non-hydrogen) atoms. The molecular weight excluding hydrogens is 196 g/mol. The van der Waals surface area contributed by atoms with Gasteiger partial charge in [0.05, 0.1) is 5.25 Å². The second kappa shape index (κ2) is 2.74. The molecule has 1 fully saturated rings. The van der Waals surface area contributed by atoms with Gasteiger partial charge < -0.3 is 0 Å². The highest BCUT2D eigenvalue weighted by atomic mass is 35.7. The van der Waals surface area contributed by atoms with E-state index in [-0.39, 0.29) is 11.2 Å². The Balaban J connectivity index is 2.28. The number of fused-ring (bicyclic) bond motifs is 2. The van der Waals surface area contributed by atoms with E-state index in [1.807, 2.05) is 6.08 Å². The van der Waals surface area contributed by atoms with E-state index >= 15 is 0 Å². The van der Waals surface area contributed by atoms with Crippen molar-refractivity contribution in [1.82, 2.24) is 0 Å². The van der Waals surface area contributed by atoms with Gasteiger partial charge in [-0.15, -0.1) is 0 Å². The van der Waals surface area contributed by atoms with Crippen molar-refractivity contribution >= 4 is 19.7 Å². The molecule has 0 spiro atoms. The zero-order valence-corrected chi connectivity index (χ0v) is 8.18. The smallest absolute Gasteiger partial charge is 0.212 e. The molecule has 3 aliphatic carbocycles. The summed E-state index contributed by atoms with van der Waals surface area (Å²) in [7, 11) is 2.01. The predicted octanol–water partition coefficient (Wildman–Crippen LogP) is 1.91. The molecular formula is C8H11ClO2S. The Bertz CT molecular complexity index is 307. The SMILES string of the molecule is O=S(=O)(Cl)C1C[C@H]2C=C[C@@H]1CC2. The molecule has 0 heterocycles. The summed E-state index contributed by atoms with van der Waals surface area (Å²) in [5, 5.41) is -0.317. The van der Waals surface area contributed by atoms with Crippen LogP contribution in [0, 0.1) is 11.8 Å². The molecule has 4 heteroatoms. The molecule has 0 saturated heterocycles. The first-order valence-corrected chi connectivity index (χ1v) is 6.56. The highest BCUT2D eigenvalue weighted by Gasteiger charge is 2.38. The van der Waals surface area contributed by atoms with Gasteiger partial charge in [-0.05, 0) is 31.1 Å². The zero-order chi connectivity index (χ0) is 8.77. The van der Waals surface area contributed by atoms with Crippen molar-refractivity contribution in [2.75, 3.05) is 0 Å². The van der Waals surface area contributed by atoms with Gasteiger partial charge in [-0.2, -0.15) is 0 Å². The summed E-state index contributed by atoms with van der Waals surface area (Å²) >= 11 is 0. The molecule has 0 aromatic carbocycles. The van der Waals surface area contributed by atoms with Crippen molar-refractivity contribution < 1.29 is 8.42 Å². The molecule has 3 atom stereocenters. The Hall–Kier alpha value is -0.0200. The van der Waals surface area contributed by atoms with Crippen molar-refractivity contribution in [1.29, 1.82) is 0 Å². The van der Waals surface area contributed by atoms with E-state index in [1.165, 1.54) is 0 Å². The minimum Gasteiger partial charge on any atom is -0.212 e. The monoisotopic (exact) mass is 206 g/mol. The standard InChI is InChI=1S/C8H11ClO2S/c9-12(10,11)8-5-6-1-3-7(8)4-2-6/h1,3,6-8H,2,4-5H2/t6-,7+,8?/m0/s1. The van der Waals surface area contributed by atoms with E-state index in [0.29, 0.717) is 5.92 Å². The summed E-state index contributed by atoms with van der Waals surface area (Å²) in [5.41, 5.74) is 0. The van der Waals surface area contributed by atoms with Crippen molar-refractivity contribution in [3.05, 3.63) is 12.2 Å². The van der Waals surface area contributed by atoms with Crippen LogP contribution in [0.4, 0.5) is 0 Å². The van der Waals surface area contributed by atoms with Crippen LogP contribution < -0.4 is 0 Å². The molecule has 0 radical (unpaired) electrons. The number of hydrogen-bond donors (Lipinski definition) is 0. The number of halogens is 1. The Labute approximate surface area is 77.0 Å². The molecule has 2 nitrogen and oxygen atoms in total. The third kappa shape index (κ3) is 1.40. The van der Waals surface area contributed by atoms with Gasteiger partial charge in [0.25, 0.3) is 0 Å². The molecule has 68 valence electrons. The average Bonchev–Trinajstić information content (AvgIpc) is 2.05. The van der Waals surface area contributed by atoms with Crippen LogP contribution in [-0.2, 0) is 9.05 Å². The maximum absolute atomic E-state index is 11.1. The van der Waals surface area contributed by atoms with E-state index in [9.17, 15) is 8.42 Å². The first-order chi connectivity index (χ1) is 5.57. The van der Waals surface area contributed by atoms with Crippen molar-refractivity contribution in [2.45, 2.75) is 24.5 Å². The molecule has 1 unspecified atom stereocenters. The first kappa shape index (κ1) is 8.57. The van der Waals surface area contributed by atoms with Crippen molar-refractivity contribution in [2.24, 2.45) is 11.8 Å². The Morgan fingerprint density at radius 3 is 2.25 bits per heavy atom. The zero-order valence-electron chi connectivity index (χ0n) is 6.61. The fraction of sp³-hybridized carbons (Fsp3) is 0.750. The third-order valence-electron chi connectivity index (χ3n) is 2.88. The summed E-state index contributed by atoms with van der Waals surface area (Å²) in [4.78, 5) is 0. The van der Waals surface area contributed by atoms with Crippen LogP contribution in [-0.4, -0.2) is 13.7 Å². The molecule has 0 aromatic rings. The van der Waals surface area contributed by atoms with Gasteiger partial charge >= 0.3 is 0 Å². The van der Waals surface area contributed by atoms with E-state index in [4.69, 9.17) is 10.7 Å². The Kier molecular flexibility index (Phi) is 1.96. The Morgan fingerprint density at radius 2 is 2.00 bits per heavy atom. The minimum absolute atomic E-state index is 0.178. The summed E-state index contributed by atoms with van der Waals surface area (Å²) in [6.07, 6.45) is 6.99. The van der Waals surface area contributed by atoms with Crippen molar-refractivity contribution in [3.8, 4) is 0 Å². The summed E-state index contributed by atoms with van der Waals surface area (Å²) < 4.78 is 22.2. The lowest BCUT2D eigenvalue weighted by Gasteiger charge is -2.35. The highest BCUT2D eigenvalue weighted by molar-refractivity contribution is 8.14. The van der Waals surface area contributed by atoms with Gasteiger partial charge in [0, 0.05) is 10.7 Å². The Morgan fingerprint density at radius 1 is 1.25 bits per heavy atom. The maximum Gasteiger partial charge on any atom is 0.236 e. The molecule has 1 saturated carbocycles. The minimum atomic E-state index is -3.34. The van der Waals surface area contributed by atoms with Crippen LogP contribution in [0.1, 0.15) is 19.3 Å². The first-order valence-electron chi connectivity index (χ1n) is 4.19. The third-order valence-corrected chi connectivity index (χ3v) is 4.83. The number of rotatable bonds is 1. The van der Waals surface area contributed by atoms with Crippen LogP contribution in [0.15, 0.2) is 12.2 Å². The molecule has 3 aliphatic rings. The van der Waals surface area contributed by atoms with E-state index in [0.717, 1.165) is 19.3 Å². The summed E-state index contributed by atoms with van der Waals surface area (Å²) in [6, 6.07) is 0. The summed E-state index contributed by atoms with van der Waals surface area (Å²) in [6.45, 7) is 0. The maximum atomic E-state index is 11.1. The van der Waals surface area contributed by atoms with Crippen LogP contribution in [0.25, 0.3) is 0 Å². The quantitative estimate of drug-likeness (QED) is 0.485. The lowest BCUT2D eigenvalue weighted by atomic mass is 9.76. The molecule has 3 rings (SSSR count). The van der Waals surface area contributed by atoms with E-state index in [1.54, 1.807) is 0 Å². The molecule has 0 aromatic heterocycles. The number of allylic oxidation sites excluding steroid dienone is 2. The second-order valence-corrected chi connectivity index (χ2v) is 6.48. The van der Waals surface area contributed by atoms with Crippen LogP contribution in [0.2, 0.25) is 0 Å². The molecule has 0 N–H and O–H groups in total. The lowest BCUT2D eigenvalue weighted by Crippen LogP contribution is -2.35. The van der Waals surface area contributed by atoms with E-state index in [2.05, 4.69) is 6.08 Å².